The van der Waals surface area contributed by atoms with Crippen molar-refractivity contribution in [1.29, 1.82) is 0 Å². The van der Waals surface area contributed by atoms with E-state index >= 15 is 0 Å². The van der Waals surface area contributed by atoms with Crippen molar-refractivity contribution < 1.29 is 14.4 Å². The van der Waals surface area contributed by atoms with Gasteiger partial charge in [-0.25, -0.2) is 9.59 Å². The van der Waals surface area contributed by atoms with Gasteiger partial charge in [0.05, 0.1) is 5.56 Å². The van der Waals surface area contributed by atoms with Crippen molar-refractivity contribution in [3.63, 3.8) is 0 Å². The highest BCUT2D eigenvalue weighted by molar-refractivity contribution is 5.93. The lowest BCUT2D eigenvalue weighted by molar-refractivity contribution is -0.175. The third-order valence-corrected chi connectivity index (χ3v) is 1.53. The average Bonchev–Trinajstić information content (AvgIpc) is 2.28. The van der Waals surface area contributed by atoms with Gasteiger partial charge in [0.1, 0.15) is 0 Å². The van der Waals surface area contributed by atoms with Gasteiger partial charge in [-0.05, 0) is 12.1 Å². The van der Waals surface area contributed by atoms with Crippen molar-refractivity contribution in [2.24, 2.45) is 5.22 Å². The van der Waals surface area contributed by atoms with Crippen molar-refractivity contribution >= 4 is 11.9 Å². The van der Waals surface area contributed by atoms with Crippen LogP contribution in [0.3, 0.4) is 0 Å². The number of carbonyl (C=O) groups excluding carboxylic acids is 2. The fourth-order valence-electron chi connectivity index (χ4n) is 0.950. The summed E-state index contributed by atoms with van der Waals surface area (Å²) in [6, 6.07) is 8.00. The van der Waals surface area contributed by atoms with Gasteiger partial charge in [-0.2, -0.15) is 4.91 Å². The first-order valence-electron chi connectivity index (χ1n) is 4.28. The van der Waals surface area contributed by atoms with Crippen LogP contribution < -0.4 is 0 Å². The summed E-state index contributed by atoms with van der Waals surface area (Å²) in [4.78, 5) is 29.1. The molecule has 0 unspecified atom stereocenters. The second-order valence-electron chi connectivity index (χ2n) is 2.71. The van der Waals surface area contributed by atoms with Crippen LogP contribution in [0, 0.1) is 0 Å². The molecule has 0 spiro atoms. The van der Waals surface area contributed by atoms with Gasteiger partial charge >= 0.3 is 11.9 Å². The summed E-state index contributed by atoms with van der Waals surface area (Å²) in [5.41, 5.74) is 8.46. The quantitative estimate of drug-likeness (QED) is 0.329. The van der Waals surface area contributed by atoms with Crippen LogP contribution in [0.4, 0.5) is 0 Å². The Morgan fingerprint density at radius 1 is 1.38 bits per heavy atom. The smallest absolute Gasteiger partial charge is 0.251 e. The van der Waals surface area contributed by atoms with Gasteiger partial charge in [0.25, 0.3) is 0 Å². The van der Waals surface area contributed by atoms with Gasteiger partial charge in [0.2, 0.25) is 0 Å². The predicted molar refractivity (Wildman–Crippen MR) is 53.5 cm³/mol. The van der Waals surface area contributed by atoms with E-state index < -0.39 is 11.9 Å². The lowest BCUT2D eigenvalue weighted by atomic mass is 10.2. The van der Waals surface area contributed by atoms with Crippen LogP contribution in [0.2, 0.25) is 0 Å². The zero-order valence-corrected chi connectivity index (χ0v) is 8.40. The molecule has 0 bridgehead atoms. The normalized spacial score (nSPS) is 8.81. The molecule has 0 fully saturated rings. The van der Waals surface area contributed by atoms with Crippen LogP contribution in [0.15, 0.2) is 35.6 Å². The molecule has 0 aliphatic heterocycles. The van der Waals surface area contributed by atoms with Crippen LogP contribution in [0.5, 0.6) is 0 Å². The Hall–Kier alpha value is -2.53. The molecule has 0 N–H and O–H groups in total. The zero-order valence-electron chi connectivity index (χ0n) is 8.40. The summed E-state index contributed by atoms with van der Waals surface area (Å²) in [7, 11) is 0. The Morgan fingerprint density at radius 2 is 2.00 bits per heavy atom. The molecule has 1 rings (SSSR count). The number of benzene rings is 1. The molecule has 82 valence electrons. The van der Waals surface area contributed by atoms with Crippen molar-refractivity contribution in [3.8, 4) is 0 Å². The summed E-state index contributed by atoms with van der Waals surface area (Å²) in [6.07, 6.45) is 0. The van der Waals surface area contributed by atoms with E-state index in [0.717, 1.165) is 6.92 Å². The molecule has 0 aromatic heterocycles. The molecule has 0 aliphatic rings. The Bertz CT molecular complexity index is 439. The molecule has 7 heteroatoms. The van der Waals surface area contributed by atoms with Gasteiger partial charge in [-0.15, -0.1) is 5.53 Å². The maximum Gasteiger partial charge on any atom is 0.384 e. The van der Waals surface area contributed by atoms with E-state index in [-0.39, 0.29) is 5.56 Å². The molecule has 1 aromatic carbocycles. The molecule has 1 amide bonds. The minimum absolute atomic E-state index is 0.246. The Morgan fingerprint density at radius 3 is 2.50 bits per heavy atom. The number of hydroxylamine groups is 1. The van der Waals surface area contributed by atoms with E-state index in [0.29, 0.717) is 5.17 Å². The molecule has 0 saturated carbocycles. The fraction of sp³-hybridized carbons (Fsp3) is 0.111. The SMILES string of the molecule is CC(=O)ON(N=[N+]=[N-])C(=O)c1ccccc1. The third-order valence-electron chi connectivity index (χ3n) is 1.53. The third kappa shape index (κ3) is 3.00. The first-order chi connectivity index (χ1) is 7.65. The van der Waals surface area contributed by atoms with Crippen LogP contribution in [0.25, 0.3) is 10.4 Å². The molecule has 7 nitrogen and oxygen atoms in total. The van der Waals surface area contributed by atoms with Gasteiger partial charge < -0.3 is 0 Å². The molecule has 0 heterocycles. The highest BCUT2D eigenvalue weighted by atomic mass is 16.7. The molecule has 0 radical (unpaired) electrons. The standard InChI is InChI=1S/C9H8N4O3/c1-7(14)16-13(12-11-10)9(15)8-5-3-2-4-6-8/h2-6H,1H3. The molecule has 0 atom stereocenters. The van der Waals surface area contributed by atoms with E-state index in [1.165, 1.54) is 12.1 Å². The number of hydrogen-bond acceptors (Lipinski definition) is 4. The molecule has 0 saturated heterocycles. The van der Waals surface area contributed by atoms with Crippen molar-refractivity contribution in [1.82, 2.24) is 5.17 Å². The number of nitrogens with zero attached hydrogens (tertiary/aromatic N) is 4. The van der Waals surface area contributed by atoms with Crippen LogP contribution >= 0.6 is 0 Å². The van der Waals surface area contributed by atoms with Gasteiger partial charge in [-0.3, -0.25) is 4.84 Å². The average molecular weight is 220 g/mol. The predicted octanol–water partition coefficient (Wildman–Crippen LogP) is 1.83. The van der Waals surface area contributed by atoms with Gasteiger partial charge in [0.15, 0.2) is 0 Å². The van der Waals surface area contributed by atoms with Crippen molar-refractivity contribution in [2.75, 3.05) is 0 Å². The van der Waals surface area contributed by atoms with E-state index in [9.17, 15) is 9.59 Å². The fourth-order valence-corrected chi connectivity index (χ4v) is 0.950. The number of rotatable bonds is 2. The van der Waals surface area contributed by atoms with E-state index in [1.807, 2.05) is 0 Å². The summed E-state index contributed by atoms with van der Waals surface area (Å²) >= 11 is 0. The van der Waals surface area contributed by atoms with Crippen LogP contribution in [0.1, 0.15) is 17.3 Å². The molecule has 0 aliphatic carbocycles. The highest BCUT2D eigenvalue weighted by Gasteiger charge is 2.23. The maximum absolute atomic E-state index is 11.7. The molecular weight excluding hydrogens is 212 g/mol. The summed E-state index contributed by atoms with van der Waals surface area (Å²) in [5.74, 6) is -1.47. The number of carbonyl (C=O) groups is 2. The minimum Gasteiger partial charge on any atom is -0.251 e. The van der Waals surface area contributed by atoms with Crippen molar-refractivity contribution in [3.05, 3.63) is 46.3 Å². The lowest BCUT2D eigenvalue weighted by Crippen LogP contribution is -2.27. The number of hydrogen-bond donors (Lipinski definition) is 0. The second kappa shape index (κ2) is 5.38. The van der Waals surface area contributed by atoms with Crippen LogP contribution in [-0.4, -0.2) is 17.0 Å². The Labute approximate surface area is 90.8 Å². The van der Waals surface area contributed by atoms with Gasteiger partial charge in [-0.1, -0.05) is 18.2 Å². The van der Waals surface area contributed by atoms with E-state index in [4.69, 9.17) is 5.53 Å². The van der Waals surface area contributed by atoms with Gasteiger partial charge in [0, 0.05) is 17.3 Å². The largest absolute Gasteiger partial charge is 0.384 e. The molecule has 16 heavy (non-hydrogen) atoms. The molecule has 1 aromatic rings. The minimum atomic E-state index is -0.753. The highest BCUT2D eigenvalue weighted by Crippen LogP contribution is 2.06. The van der Waals surface area contributed by atoms with Crippen LogP contribution in [-0.2, 0) is 9.63 Å². The monoisotopic (exact) mass is 220 g/mol. The Balaban J connectivity index is 2.91. The Kier molecular flexibility index (Phi) is 3.88. The number of amides is 1. The lowest BCUT2D eigenvalue weighted by Gasteiger charge is -2.07. The summed E-state index contributed by atoms with van der Waals surface area (Å²) < 4.78 is 0. The van der Waals surface area contributed by atoms with Crippen molar-refractivity contribution in [2.45, 2.75) is 6.92 Å². The first kappa shape index (κ1) is 11.5. The van der Waals surface area contributed by atoms with E-state index in [1.54, 1.807) is 18.2 Å². The zero-order chi connectivity index (χ0) is 12.0. The van der Waals surface area contributed by atoms with E-state index in [2.05, 4.69) is 15.0 Å². The topological polar surface area (TPSA) is 95.4 Å². The maximum atomic E-state index is 11.7. The molecular formula is C9H8N4O3. The summed E-state index contributed by atoms with van der Waals surface area (Å²) in [6.45, 7) is 1.10. The first-order valence-corrected chi connectivity index (χ1v) is 4.28. The number of azide groups is 1. The summed E-state index contributed by atoms with van der Waals surface area (Å²) in [5, 5.41) is 3.27. The second-order valence-corrected chi connectivity index (χ2v) is 2.71.